The van der Waals surface area contributed by atoms with Crippen molar-refractivity contribution in [3.63, 3.8) is 0 Å². The predicted octanol–water partition coefficient (Wildman–Crippen LogP) is 2.70. The van der Waals surface area contributed by atoms with Gasteiger partial charge >= 0.3 is 0 Å². The number of allylic oxidation sites excluding steroid dienone is 6. The molecule has 0 aromatic heterocycles. The van der Waals surface area contributed by atoms with E-state index in [-0.39, 0.29) is 0 Å². The molecule has 0 amide bonds. The van der Waals surface area contributed by atoms with Gasteiger partial charge in [0.1, 0.15) is 0 Å². The zero-order valence-electron chi connectivity index (χ0n) is 6.46. The first-order chi connectivity index (χ1) is 4.91. The Kier molecular flexibility index (Phi) is 6.83. The van der Waals surface area contributed by atoms with Crippen LogP contribution in [0.15, 0.2) is 36.5 Å². The first kappa shape index (κ1) is 8.78. The van der Waals surface area contributed by atoms with E-state index in [1.165, 1.54) is 0 Å². The molecule has 0 saturated heterocycles. The van der Waals surface area contributed by atoms with Crippen LogP contribution in [0, 0.1) is 11.8 Å². The van der Waals surface area contributed by atoms with Crippen molar-refractivity contribution in [2.24, 2.45) is 0 Å². The summed E-state index contributed by atoms with van der Waals surface area (Å²) in [6.07, 6.45) is 11.6. The molecule has 0 nitrogen and oxygen atoms in total. The van der Waals surface area contributed by atoms with Gasteiger partial charge in [-0.1, -0.05) is 36.3 Å². The van der Waals surface area contributed by atoms with Crippen molar-refractivity contribution in [1.29, 1.82) is 0 Å². The molecule has 0 spiro atoms. The lowest BCUT2D eigenvalue weighted by Gasteiger charge is -1.69. The fourth-order valence-electron chi connectivity index (χ4n) is 0.426. The summed E-state index contributed by atoms with van der Waals surface area (Å²) in [4.78, 5) is 0. The minimum Gasteiger partial charge on any atom is -0.102 e. The van der Waals surface area contributed by atoms with Crippen molar-refractivity contribution >= 4 is 0 Å². The zero-order valence-corrected chi connectivity index (χ0v) is 6.46. The van der Waals surface area contributed by atoms with Gasteiger partial charge in [-0.25, -0.2) is 0 Å². The Hall–Kier alpha value is -1.22. The van der Waals surface area contributed by atoms with Crippen LogP contribution in [-0.2, 0) is 0 Å². The van der Waals surface area contributed by atoms with Gasteiger partial charge in [-0.05, 0) is 19.9 Å². The molecule has 0 fully saturated rings. The van der Waals surface area contributed by atoms with Crippen molar-refractivity contribution in [3.05, 3.63) is 36.5 Å². The third-order valence-electron chi connectivity index (χ3n) is 0.850. The van der Waals surface area contributed by atoms with E-state index in [1.54, 1.807) is 0 Å². The Balaban J connectivity index is 3.58. The fourth-order valence-corrected chi connectivity index (χ4v) is 0.426. The minimum atomic E-state index is 1.82. The van der Waals surface area contributed by atoms with Gasteiger partial charge in [0, 0.05) is 0 Å². The summed E-state index contributed by atoms with van der Waals surface area (Å²) < 4.78 is 0. The quantitative estimate of drug-likeness (QED) is 0.400. The summed E-state index contributed by atoms with van der Waals surface area (Å²) in [6, 6.07) is 0. The highest BCUT2D eigenvalue weighted by Crippen LogP contribution is 1.78. The monoisotopic (exact) mass is 132 g/mol. The van der Waals surface area contributed by atoms with Crippen molar-refractivity contribution < 1.29 is 0 Å². The van der Waals surface area contributed by atoms with E-state index in [0.29, 0.717) is 0 Å². The Morgan fingerprint density at radius 2 is 1.70 bits per heavy atom. The lowest BCUT2D eigenvalue weighted by Crippen LogP contribution is -1.49. The van der Waals surface area contributed by atoms with E-state index >= 15 is 0 Å². The van der Waals surface area contributed by atoms with Gasteiger partial charge in [-0.2, -0.15) is 0 Å². The largest absolute Gasteiger partial charge is 0.102 e. The highest BCUT2D eigenvalue weighted by molar-refractivity contribution is 5.20. The van der Waals surface area contributed by atoms with Gasteiger partial charge in [0.2, 0.25) is 0 Å². The maximum absolute atomic E-state index is 2.82. The number of hydrogen-bond acceptors (Lipinski definition) is 0. The van der Waals surface area contributed by atoms with Crippen LogP contribution in [-0.4, -0.2) is 0 Å². The summed E-state index contributed by atoms with van der Waals surface area (Å²) in [6.45, 7) is 3.81. The van der Waals surface area contributed by atoms with Crippen LogP contribution in [0.2, 0.25) is 0 Å². The molecule has 0 atom stereocenters. The lowest BCUT2D eigenvalue weighted by atomic mass is 10.4. The van der Waals surface area contributed by atoms with E-state index in [0.717, 1.165) is 0 Å². The summed E-state index contributed by atoms with van der Waals surface area (Å²) in [5.74, 6) is 5.59. The molecule has 0 saturated carbocycles. The number of rotatable bonds is 2. The molecule has 0 aliphatic heterocycles. The van der Waals surface area contributed by atoms with E-state index < -0.39 is 0 Å². The molecule has 0 rings (SSSR count). The van der Waals surface area contributed by atoms with Crippen LogP contribution in [0.3, 0.4) is 0 Å². The molecule has 10 heavy (non-hydrogen) atoms. The first-order valence-corrected chi connectivity index (χ1v) is 3.28. The van der Waals surface area contributed by atoms with Gasteiger partial charge in [-0.3, -0.25) is 0 Å². The molecule has 0 bridgehead atoms. The van der Waals surface area contributed by atoms with Crippen LogP contribution in [0.5, 0.6) is 0 Å². The van der Waals surface area contributed by atoms with E-state index in [4.69, 9.17) is 0 Å². The lowest BCUT2D eigenvalue weighted by molar-refractivity contribution is 1.73. The maximum Gasteiger partial charge on any atom is -0.00235 e. The van der Waals surface area contributed by atoms with Crippen LogP contribution >= 0.6 is 0 Å². The summed E-state index contributed by atoms with van der Waals surface area (Å²) in [5, 5.41) is 0. The van der Waals surface area contributed by atoms with Gasteiger partial charge in [-0.15, -0.1) is 5.92 Å². The predicted molar refractivity (Wildman–Crippen MR) is 46.5 cm³/mol. The second kappa shape index (κ2) is 7.78. The topological polar surface area (TPSA) is 0 Å². The van der Waals surface area contributed by atoms with Crippen molar-refractivity contribution in [2.75, 3.05) is 0 Å². The molecule has 0 heterocycles. The standard InChI is InChI=1S/C10H12/c1-3-5-7-9-10-8-6-4-2/h3,5,7-10H,1-2H3/b5-3+,9-7+,10-8+. The molecular weight excluding hydrogens is 120 g/mol. The third-order valence-corrected chi connectivity index (χ3v) is 0.850. The van der Waals surface area contributed by atoms with E-state index in [1.807, 2.05) is 50.3 Å². The molecule has 0 aliphatic carbocycles. The van der Waals surface area contributed by atoms with Crippen molar-refractivity contribution in [3.8, 4) is 11.8 Å². The van der Waals surface area contributed by atoms with E-state index in [9.17, 15) is 0 Å². The Bertz CT molecular complexity index is 194. The molecule has 0 heteroatoms. The van der Waals surface area contributed by atoms with Crippen LogP contribution in [0.1, 0.15) is 13.8 Å². The second-order valence-electron chi connectivity index (χ2n) is 1.66. The van der Waals surface area contributed by atoms with Crippen LogP contribution < -0.4 is 0 Å². The normalized spacial score (nSPS) is 11.0. The van der Waals surface area contributed by atoms with Gasteiger partial charge in [0.15, 0.2) is 0 Å². The van der Waals surface area contributed by atoms with Gasteiger partial charge in [0.25, 0.3) is 0 Å². The summed E-state index contributed by atoms with van der Waals surface area (Å²) in [5.41, 5.74) is 0. The highest BCUT2D eigenvalue weighted by atomic mass is 13.6. The van der Waals surface area contributed by atoms with Crippen LogP contribution in [0.25, 0.3) is 0 Å². The zero-order chi connectivity index (χ0) is 7.66. The molecule has 0 aromatic rings. The maximum atomic E-state index is 2.82. The summed E-state index contributed by atoms with van der Waals surface area (Å²) >= 11 is 0. The van der Waals surface area contributed by atoms with Crippen molar-refractivity contribution in [2.45, 2.75) is 13.8 Å². The molecular formula is C10H12. The van der Waals surface area contributed by atoms with E-state index in [2.05, 4.69) is 11.8 Å². The number of hydrogen-bond donors (Lipinski definition) is 0. The van der Waals surface area contributed by atoms with Crippen molar-refractivity contribution in [1.82, 2.24) is 0 Å². The molecule has 0 aliphatic rings. The Morgan fingerprint density at radius 1 is 1.00 bits per heavy atom. The average Bonchev–Trinajstić information content (AvgIpc) is 1.97. The second-order valence-corrected chi connectivity index (χ2v) is 1.66. The first-order valence-electron chi connectivity index (χ1n) is 3.28. The molecule has 52 valence electrons. The highest BCUT2D eigenvalue weighted by Gasteiger charge is 1.58. The fraction of sp³-hybridized carbons (Fsp3) is 0.200. The smallest absolute Gasteiger partial charge is 0.00235 e. The molecule has 0 N–H and O–H groups in total. The minimum absolute atomic E-state index is 1.82. The summed E-state index contributed by atoms with van der Waals surface area (Å²) in [7, 11) is 0. The Morgan fingerprint density at radius 3 is 2.30 bits per heavy atom. The third kappa shape index (κ3) is 6.78. The Labute approximate surface area is 63.0 Å². The molecule has 0 aromatic carbocycles. The SMILES string of the molecule is CC#C/C=C/C=C/C=C/C. The molecule has 0 unspecified atom stereocenters. The van der Waals surface area contributed by atoms with Gasteiger partial charge in [0.05, 0.1) is 0 Å². The average molecular weight is 132 g/mol. The molecule has 0 radical (unpaired) electrons. The van der Waals surface area contributed by atoms with Gasteiger partial charge < -0.3 is 0 Å². The van der Waals surface area contributed by atoms with Crippen LogP contribution in [0.4, 0.5) is 0 Å².